The molecule has 5 unspecified atom stereocenters. The first-order valence-corrected chi connectivity index (χ1v) is 22.6. The highest BCUT2D eigenvalue weighted by atomic mass is 35.5. The van der Waals surface area contributed by atoms with Gasteiger partial charge in [-0.15, -0.1) is 0 Å². The Morgan fingerprint density at radius 3 is 1.47 bits per heavy atom. The summed E-state index contributed by atoms with van der Waals surface area (Å²) >= 11 is 4.71. The Bertz CT molecular complexity index is 1600. The van der Waals surface area contributed by atoms with Gasteiger partial charge in [0.15, 0.2) is 0 Å². The highest BCUT2D eigenvalue weighted by Crippen LogP contribution is 2.38. The highest BCUT2D eigenvalue weighted by molar-refractivity contribution is 6.66. The zero-order valence-corrected chi connectivity index (χ0v) is 40.6. The van der Waals surface area contributed by atoms with Crippen LogP contribution in [0, 0.1) is 23.2 Å². The molecule has 1 N–H and O–H groups in total. The Hall–Kier alpha value is -4.45. The van der Waals surface area contributed by atoms with E-state index in [0.717, 1.165) is 42.5 Å². The van der Waals surface area contributed by atoms with E-state index in [2.05, 4.69) is 38.8 Å². The van der Waals surface area contributed by atoms with Crippen molar-refractivity contribution >= 4 is 46.3 Å². The van der Waals surface area contributed by atoms with Gasteiger partial charge in [0.1, 0.15) is 31.4 Å². The maximum atomic E-state index is 12.3. The summed E-state index contributed by atoms with van der Waals surface area (Å²) in [6.07, 6.45) is 6.33. The number of carbonyl (C=O) groups is 6. The molecule has 12 heteroatoms. The van der Waals surface area contributed by atoms with Gasteiger partial charge in [0, 0.05) is 17.9 Å². The van der Waals surface area contributed by atoms with Crippen LogP contribution >= 0.6 is 11.6 Å². The van der Waals surface area contributed by atoms with Crippen LogP contribution in [0.2, 0.25) is 0 Å². The summed E-state index contributed by atoms with van der Waals surface area (Å²) in [6.45, 7) is 29.2. The molecule has 11 nitrogen and oxygen atoms in total. The molecule has 0 spiro atoms. The van der Waals surface area contributed by atoms with Crippen molar-refractivity contribution in [3.63, 3.8) is 0 Å². The number of rotatable bonds is 26. The number of hydrogen-bond acceptors (Lipinski definition) is 11. The van der Waals surface area contributed by atoms with E-state index in [1.807, 2.05) is 95.3 Å². The average Bonchev–Trinajstić information content (AvgIpc) is 3.28. The van der Waals surface area contributed by atoms with Crippen LogP contribution in [0.4, 0.5) is 0 Å². The van der Waals surface area contributed by atoms with Crippen LogP contribution in [0.5, 0.6) is 0 Å². The second kappa shape index (κ2) is 37.9. The minimum Gasteiger partial charge on any atom is -0.463 e. The van der Waals surface area contributed by atoms with Gasteiger partial charge in [-0.05, 0) is 126 Å². The van der Waals surface area contributed by atoms with Gasteiger partial charge in [0.2, 0.25) is 5.24 Å². The number of aliphatic hydroxyl groups is 1. The average molecular weight is 917 g/mol. The Labute approximate surface area is 391 Å². The Morgan fingerprint density at radius 2 is 1.11 bits per heavy atom. The quantitative estimate of drug-likeness (QED) is 0.0315. The predicted octanol–water partition coefficient (Wildman–Crippen LogP) is 10.7. The van der Waals surface area contributed by atoms with Crippen molar-refractivity contribution in [3.8, 4) is 0 Å². The first-order valence-electron chi connectivity index (χ1n) is 22.2. The molecule has 0 bridgehead atoms. The predicted molar refractivity (Wildman–Crippen MR) is 260 cm³/mol. The zero-order valence-electron chi connectivity index (χ0n) is 39.9. The van der Waals surface area contributed by atoms with Gasteiger partial charge in [-0.3, -0.25) is 24.0 Å². The molecule has 0 saturated heterocycles. The van der Waals surface area contributed by atoms with Crippen molar-refractivity contribution in [3.05, 3.63) is 97.1 Å². The van der Waals surface area contributed by atoms with Gasteiger partial charge < -0.3 is 24.2 Å². The Morgan fingerprint density at radius 1 is 0.688 bits per heavy atom. The Balaban J connectivity index is -0.000000917. The van der Waals surface area contributed by atoms with Crippen LogP contribution in [0.1, 0.15) is 138 Å². The summed E-state index contributed by atoms with van der Waals surface area (Å²) in [6, 6.07) is 20.0. The molecule has 0 aliphatic carbocycles. The number of nitrogens with zero attached hydrogens (tertiary/aromatic N) is 1. The number of carbonyl (C=O) groups excluding carboxylic acids is 6. The Kier molecular flexibility index (Phi) is 37.8. The number of ether oxygens (including phenoxy) is 3. The molecule has 0 aliphatic rings. The van der Waals surface area contributed by atoms with E-state index < -0.39 is 16.6 Å². The van der Waals surface area contributed by atoms with Crippen molar-refractivity contribution in [1.29, 1.82) is 0 Å². The largest absolute Gasteiger partial charge is 0.463 e. The summed E-state index contributed by atoms with van der Waals surface area (Å²) in [5.41, 5.74) is 1.59. The van der Waals surface area contributed by atoms with Gasteiger partial charge in [0.25, 0.3) is 0 Å². The number of aliphatic hydroxyl groups excluding tert-OH is 1. The maximum Gasteiger partial charge on any atom is 0.330 e. The fourth-order valence-corrected chi connectivity index (χ4v) is 6.80. The van der Waals surface area contributed by atoms with Crippen LogP contribution in [-0.2, 0) is 43.0 Å². The summed E-state index contributed by atoms with van der Waals surface area (Å²) < 4.78 is 15.1. The fraction of sp³-hybridized carbons (Fsp3) is 0.577. The van der Waals surface area contributed by atoms with Gasteiger partial charge in [-0.1, -0.05) is 123 Å². The lowest BCUT2D eigenvalue weighted by molar-refractivity contribution is -0.155. The van der Waals surface area contributed by atoms with Crippen LogP contribution < -0.4 is 0 Å². The van der Waals surface area contributed by atoms with Crippen LogP contribution in [0.15, 0.2) is 86.0 Å². The monoisotopic (exact) mass is 916 g/mol. The molecule has 0 aromatic heterocycles. The van der Waals surface area contributed by atoms with E-state index in [4.69, 9.17) is 30.9 Å². The minimum absolute atomic E-state index is 0. The standard InChI is InChI=1S/C22H30O5.C20H30O4.C6H15N.C3H3ClO.CH4/c1-5-18(17(4)23)15-20(19-10-8-7-9-11-19)14-16(3)22(25)27-13-12-26-21(24)6-2;1-5-16(15(2)22)13-18(17-9-7-6-8-10-17)14-20(3,4)19(23)24-12-11-21;1-4-7(5-2)6-3;1-2-3(4)5;/h6-11,16,18,20H,2,5,12-15H2,1,3-4H3;6-10,16,18,21H,5,11-14H2,1-4H3;4-6H2,1-3H3;2H,1H2;1H4. The molecular formula is C52H82ClNO10. The first-order chi connectivity index (χ1) is 29.8. The summed E-state index contributed by atoms with van der Waals surface area (Å²) in [5.74, 6) is -0.950. The number of esters is 3. The van der Waals surface area contributed by atoms with Crippen LogP contribution in [0.3, 0.4) is 0 Å². The normalized spacial score (nSPS) is 12.8. The molecule has 0 amide bonds. The van der Waals surface area contributed by atoms with E-state index in [1.165, 1.54) is 19.6 Å². The van der Waals surface area contributed by atoms with E-state index in [1.54, 1.807) is 13.8 Å². The van der Waals surface area contributed by atoms with E-state index in [-0.39, 0.29) is 86.9 Å². The molecule has 0 aliphatic heterocycles. The second-order valence-corrected chi connectivity index (χ2v) is 16.2. The summed E-state index contributed by atoms with van der Waals surface area (Å²) in [5, 5.41) is 8.33. The number of hydrogen-bond donors (Lipinski definition) is 1. The van der Waals surface area contributed by atoms with Crippen molar-refractivity contribution in [2.45, 2.75) is 127 Å². The van der Waals surface area contributed by atoms with Gasteiger partial charge in [-0.25, -0.2) is 4.79 Å². The molecule has 0 saturated carbocycles. The molecule has 0 heterocycles. The molecule has 64 heavy (non-hydrogen) atoms. The molecule has 2 aromatic rings. The minimum atomic E-state index is -0.676. The topological polar surface area (TPSA) is 154 Å². The van der Waals surface area contributed by atoms with E-state index in [0.29, 0.717) is 19.3 Å². The van der Waals surface area contributed by atoms with Crippen molar-refractivity contribution in [2.24, 2.45) is 23.2 Å². The third-order valence-corrected chi connectivity index (χ3v) is 10.9. The molecular weight excluding hydrogens is 834 g/mol. The molecule has 2 aromatic carbocycles. The molecule has 362 valence electrons. The first kappa shape index (κ1) is 63.8. The molecule has 0 radical (unpaired) electrons. The third-order valence-electron chi connectivity index (χ3n) is 10.7. The SMILES string of the molecule is C.C=CC(=O)Cl.C=CC(=O)OCCOC(=O)C(C)CC(CC(CC)C(C)=O)c1ccccc1.CCC(CC(CC(C)(C)C(=O)OCCO)c1ccccc1)C(C)=O.CCN(CC)CC. The maximum absolute atomic E-state index is 12.3. The number of benzene rings is 2. The number of ketones is 2. The zero-order chi connectivity index (χ0) is 48.4. The number of halogens is 1. The van der Waals surface area contributed by atoms with Gasteiger partial charge >= 0.3 is 17.9 Å². The summed E-state index contributed by atoms with van der Waals surface area (Å²) in [7, 11) is 0. The second-order valence-electron chi connectivity index (χ2n) is 15.9. The van der Waals surface area contributed by atoms with Gasteiger partial charge in [-0.2, -0.15) is 0 Å². The lowest BCUT2D eigenvalue weighted by atomic mass is 9.75. The van der Waals surface area contributed by atoms with E-state index >= 15 is 0 Å². The van der Waals surface area contributed by atoms with Crippen LogP contribution in [0.25, 0.3) is 0 Å². The number of Topliss-reactive ketones (excluding diaryl/α,β-unsaturated/α-hetero) is 2. The van der Waals surface area contributed by atoms with Crippen LogP contribution in [-0.4, -0.2) is 90.8 Å². The smallest absolute Gasteiger partial charge is 0.330 e. The van der Waals surface area contributed by atoms with Crippen molar-refractivity contribution < 1.29 is 48.1 Å². The molecule has 0 fully saturated rings. The lowest BCUT2D eigenvalue weighted by Gasteiger charge is -2.30. The molecule has 5 atom stereocenters. The molecule has 2 rings (SSSR count). The van der Waals surface area contributed by atoms with E-state index in [9.17, 15) is 28.8 Å². The van der Waals surface area contributed by atoms with Gasteiger partial charge in [0.05, 0.1) is 17.9 Å². The fourth-order valence-electron chi connectivity index (χ4n) is 6.80. The van der Waals surface area contributed by atoms with Crippen molar-refractivity contribution in [2.75, 3.05) is 46.1 Å². The lowest BCUT2D eigenvalue weighted by Crippen LogP contribution is -2.30. The van der Waals surface area contributed by atoms with Crippen molar-refractivity contribution in [1.82, 2.24) is 4.90 Å². The highest BCUT2D eigenvalue weighted by Gasteiger charge is 2.34. The number of allylic oxidation sites excluding steroid dienone is 1. The third kappa shape index (κ3) is 29.1. The summed E-state index contributed by atoms with van der Waals surface area (Å²) in [4.78, 5) is 71.1.